The summed E-state index contributed by atoms with van der Waals surface area (Å²) in [5.41, 5.74) is 1.73. The lowest BCUT2D eigenvalue weighted by Gasteiger charge is -2.30. The summed E-state index contributed by atoms with van der Waals surface area (Å²) in [5.74, 6) is 1.02. The Hall–Kier alpha value is -3.44. The van der Waals surface area contributed by atoms with Crippen molar-refractivity contribution in [2.45, 2.75) is 24.2 Å². The van der Waals surface area contributed by atoms with Gasteiger partial charge >= 0.3 is 6.01 Å². The van der Waals surface area contributed by atoms with Crippen molar-refractivity contribution in [2.24, 2.45) is 11.1 Å². The van der Waals surface area contributed by atoms with Crippen LogP contribution in [-0.4, -0.2) is 51.2 Å². The number of nitrogens with zero attached hydrogens (tertiary/aromatic N) is 3. The first kappa shape index (κ1) is 23.7. The van der Waals surface area contributed by atoms with Gasteiger partial charge in [-0.3, -0.25) is 4.79 Å². The van der Waals surface area contributed by atoms with Gasteiger partial charge in [-0.15, -0.1) is 0 Å². The molecule has 1 unspecified atom stereocenters. The van der Waals surface area contributed by atoms with Crippen molar-refractivity contribution in [1.29, 1.82) is 0 Å². The van der Waals surface area contributed by atoms with Crippen LogP contribution in [0.5, 0.6) is 5.75 Å². The Labute approximate surface area is 198 Å². The van der Waals surface area contributed by atoms with Crippen molar-refractivity contribution in [1.82, 2.24) is 15.5 Å². The minimum atomic E-state index is -3.71. The highest BCUT2D eigenvalue weighted by molar-refractivity contribution is 7.89. The Balaban J connectivity index is 1.30. The topological polar surface area (TPSA) is 141 Å². The van der Waals surface area contributed by atoms with Crippen molar-refractivity contribution in [3.63, 3.8) is 0 Å². The van der Waals surface area contributed by atoms with E-state index < -0.39 is 10.0 Å². The number of nitrogens with one attached hydrogen (secondary N) is 1. The number of nitrogens with two attached hydrogens (primary N) is 1. The van der Waals surface area contributed by atoms with E-state index in [1.807, 2.05) is 29.2 Å². The summed E-state index contributed by atoms with van der Waals surface area (Å²) in [5, 5.41) is 12.2. The number of anilines is 1. The van der Waals surface area contributed by atoms with E-state index in [1.165, 1.54) is 12.1 Å². The molecule has 0 aliphatic carbocycles. The summed E-state index contributed by atoms with van der Waals surface area (Å²) in [6.07, 6.45) is 2.21. The maximum atomic E-state index is 12.7. The van der Waals surface area contributed by atoms with Crippen molar-refractivity contribution in [2.75, 3.05) is 31.6 Å². The van der Waals surface area contributed by atoms with E-state index in [1.54, 1.807) is 19.2 Å². The van der Waals surface area contributed by atoms with E-state index >= 15 is 0 Å². The van der Waals surface area contributed by atoms with Gasteiger partial charge in [0.25, 0.3) is 0 Å². The van der Waals surface area contributed by atoms with E-state index in [2.05, 4.69) is 15.5 Å². The van der Waals surface area contributed by atoms with Crippen molar-refractivity contribution < 1.29 is 22.5 Å². The molecule has 1 amide bonds. The molecule has 34 heavy (non-hydrogen) atoms. The number of benzene rings is 2. The van der Waals surface area contributed by atoms with Gasteiger partial charge in [0.15, 0.2) is 0 Å². The second kappa shape index (κ2) is 10.2. The van der Waals surface area contributed by atoms with E-state index in [9.17, 15) is 13.2 Å². The third-order valence-electron chi connectivity index (χ3n) is 5.79. The summed E-state index contributed by atoms with van der Waals surface area (Å²) in [4.78, 5) is 19.2. The zero-order valence-corrected chi connectivity index (χ0v) is 19.6. The average Bonchev–Trinajstić information content (AvgIpc) is 3.34. The highest BCUT2D eigenvalue weighted by Gasteiger charge is 2.28. The fourth-order valence-corrected chi connectivity index (χ4v) is 4.40. The Morgan fingerprint density at radius 2 is 1.94 bits per heavy atom. The molecule has 3 aromatic rings. The number of carbonyl (C=O) groups is 1. The molecule has 1 fully saturated rings. The third-order valence-corrected chi connectivity index (χ3v) is 6.72. The maximum Gasteiger partial charge on any atom is 0.324 e. The minimum absolute atomic E-state index is 0.0271. The number of carbonyl (C=O) groups excluding carboxylic acids is 1. The number of ether oxygens (including phenoxy) is 1. The van der Waals surface area contributed by atoms with Gasteiger partial charge in [-0.1, -0.05) is 17.3 Å². The van der Waals surface area contributed by atoms with Crippen molar-refractivity contribution in [3.8, 4) is 17.1 Å². The minimum Gasteiger partial charge on any atom is -0.497 e. The van der Waals surface area contributed by atoms with E-state index in [0.717, 1.165) is 36.3 Å². The van der Waals surface area contributed by atoms with Gasteiger partial charge < -0.3 is 19.5 Å². The molecule has 1 aromatic heterocycles. The van der Waals surface area contributed by atoms with Crippen LogP contribution in [0.2, 0.25) is 0 Å². The Bertz CT molecular complexity index is 1230. The number of rotatable bonds is 8. The van der Waals surface area contributed by atoms with Crippen LogP contribution in [0.15, 0.2) is 57.9 Å². The number of hydrogen-bond donors (Lipinski definition) is 2. The zero-order valence-electron chi connectivity index (χ0n) is 18.8. The number of aromatic nitrogens is 2. The van der Waals surface area contributed by atoms with Gasteiger partial charge in [0, 0.05) is 25.2 Å². The van der Waals surface area contributed by atoms with Crippen LogP contribution in [0.1, 0.15) is 18.4 Å². The number of methoxy groups -OCH3 is 1. The summed E-state index contributed by atoms with van der Waals surface area (Å²) in [6.45, 7) is 1.69. The molecular formula is C23H27N5O5S. The van der Waals surface area contributed by atoms with Crippen molar-refractivity contribution >= 4 is 21.9 Å². The molecule has 3 N–H and O–H groups in total. The molecule has 2 heterocycles. The van der Waals surface area contributed by atoms with Crippen LogP contribution in [0, 0.1) is 5.92 Å². The van der Waals surface area contributed by atoms with Crippen LogP contribution in [-0.2, 0) is 21.2 Å². The molecule has 180 valence electrons. The monoisotopic (exact) mass is 485 g/mol. The van der Waals surface area contributed by atoms with E-state index in [-0.39, 0.29) is 16.7 Å². The first-order chi connectivity index (χ1) is 16.3. The number of hydrogen-bond acceptors (Lipinski definition) is 8. The summed E-state index contributed by atoms with van der Waals surface area (Å²) in [6, 6.07) is 14.1. The van der Waals surface area contributed by atoms with Gasteiger partial charge in [-0.05, 0) is 61.2 Å². The number of amides is 1. The molecule has 2 aromatic carbocycles. The lowest BCUT2D eigenvalue weighted by atomic mass is 9.97. The first-order valence-corrected chi connectivity index (χ1v) is 12.5. The lowest BCUT2D eigenvalue weighted by Crippen LogP contribution is -2.43. The first-order valence-electron chi connectivity index (χ1n) is 11.0. The van der Waals surface area contributed by atoms with Crippen LogP contribution in [0.3, 0.4) is 0 Å². The highest BCUT2D eigenvalue weighted by Crippen LogP contribution is 2.26. The van der Waals surface area contributed by atoms with Crippen LogP contribution in [0.4, 0.5) is 6.01 Å². The number of piperidine rings is 1. The molecule has 0 bridgehead atoms. The van der Waals surface area contributed by atoms with Gasteiger partial charge in [0.1, 0.15) is 5.75 Å². The van der Waals surface area contributed by atoms with Crippen LogP contribution >= 0.6 is 0 Å². The smallest absolute Gasteiger partial charge is 0.324 e. The molecule has 1 aliphatic heterocycles. The maximum absolute atomic E-state index is 12.7. The van der Waals surface area contributed by atoms with E-state index in [0.29, 0.717) is 31.3 Å². The summed E-state index contributed by atoms with van der Waals surface area (Å²) in [7, 11) is -2.10. The third kappa shape index (κ3) is 5.72. The Morgan fingerprint density at radius 1 is 1.21 bits per heavy atom. The van der Waals surface area contributed by atoms with Gasteiger partial charge in [-0.2, -0.15) is 4.98 Å². The van der Waals surface area contributed by atoms with E-state index in [4.69, 9.17) is 14.4 Å². The number of sulfonamides is 1. The molecule has 10 nitrogen and oxygen atoms in total. The average molecular weight is 486 g/mol. The van der Waals surface area contributed by atoms with Crippen LogP contribution < -0.4 is 20.1 Å². The molecule has 0 spiro atoms. The molecule has 1 saturated heterocycles. The zero-order chi connectivity index (χ0) is 24.1. The molecule has 0 saturated carbocycles. The van der Waals surface area contributed by atoms with Crippen LogP contribution in [0.25, 0.3) is 11.4 Å². The summed E-state index contributed by atoms with van der Waals surface area (Å²) < 4.78 is 33.3. The quantitative estimate of drug-likeness (QED) is 0.493. The molecule has 0 radical (unpaired) electrons. The second-order valence-corrected chi connectivity index (χ2v) is 9.71. The SMILES string of the molecule is COc1ccc(-c2noc(N3CCCC(C(=O)NCCc4ccc(S(N)(=O)=O)cc4)C3)n2)cc1. The highest BCUT2D eigenvalue weighted by atomic mass is 32.2. The van der Waals surface area contributed by atoms with Gasteiger partial charge in [0.05, 0.1) is 17.9 Å². The molecule has 1 atom stereocenters. The number of primary sulfonamides is 1. The molecule has 11 heteroatoms. The predicted molar refractivity (Wildman–Crippen MR) is 126 cm³/mol. The Morgan fingerprint density at radius 3 is 2.62 bits per heavy atom. The molecule has 4 rings (SSSR count). The normalized spacial score (nSPS) is 16.3. The van der Waals surface area contributed by atoms with Crippen molar-refractivity contribution in [3.05, 3.63) is 54.1 Å². The Kier molecular flexibility index (Phi) is 7.13. The molecule has 1 aliphatic rings. The standard InChI is InChI=1S/C23H27N5O5S/c1-32-19-8-6-17(7-9-19)21-26-23(33-27-21)28-14-2-3-18(15-28)22(29)25-13-12-16-4-10-20(11-5-16)34(24,30)31/h4-11,18H,2-3,12-15H2,1H3,(H,25,29)(H2,24,30,31). The second-order valence-electron chi connectivity index (χ2n) is 8.14. The fourth-order valence-electron chi connectivity index (χ4n) is 3.89. The largest absolute Gasteiger partial charge is 0.497 e. The van der Waals surface area contributed by atoms with Gasteiger partial charge in [0.2, 0.25) is 21.8 Å². The lowest BCUT2D eigenvalue weighted by molar-refractivity contribution is -0.125. The predicted octanol–water partition coefficient (Wildman–Crippen LogP) is 1.97. The fraction of sp³-hybridized carbons (Fsp3) is 0.348. The van der Waals surface area contributed by atoms with Gasteiger partial charge in [-0.25, -0.2) is 13.6 Å². The molecular weight excluding hydrogens is 458 g/mol. The summed E-state index contributed by atoms with van der Waals surface area (Å²) >= 11 is 0.